The zero-order valence-corrected chi connectivity index (χ0v) is 19.5. The number of allylic oxidation sites excluding steroid dienone is 1. The molecule has 9 nitrogen and oxygen atoms in total. The van der Waals surface area contributed by atoms with E-state index in [0.717, 1.165) is 18.9 Å². The number of nitriles is 1. The van der Waals surface area contributed by atoms with E-state index in [4.69, 9.17) is 4.74 Å². The first-order valence-corrected chi connectivity index (χ1v) is 11.2. The second kappa shape index (κ2) is 11.3. The van der Waals surface area contributed by atoms with Crippen LogP contribution in [-0.4, -0.2) is 43.7 Å². The van der Waals surface area contributed by atoms with Gasteiger partial charge in [0, 0.05) is 11.6 Å². The molecule has 2 aromatic rings. The zero-order valence-electron chi connectivity index (χ0n) is 18.7. The summed E-state index contributed by atoms with van der Waals surface area (Å²) in [7, 11) is 2.37. The summed E-state index contributed by atoms with van der Waals surface area (Å²) in [5.74, 6) is -5.52. The minimum Gasteiger partial charge on any atom is -0.468 e. The van der Waals surface area contributed by atoms with E-state index < -0.39 is 41.4 Å². The Morgan fingerprint density at radius 2 is 1.74 bits per heavy atom. The van der Waals surface area contributed by atoms with Gasteiger partial charge in [0.2, 0.25) is 11.8 Å². The van der Waals surface area contributed by atoms with Crippen LogP contribution >= 0.6 is 11.8 Å². The number of nitrogens with zero attached hydrogens (tertiary/aromatic N) is 1. The van der Waals surface area contributed by atoms with Crippen molar-refractivity contribution in [2.45, 2.75) is 5.92 Å². The van der Waals surface area contributed by atoms with E-state index in [1.54, 1.807) is 0 Å². The number of halogens is 1. The van der Waals surface area contributed by atoms with E-state index in [2.05, 4.69) is 15.4 Å². The summed E-state index contributed by atoms with van der Waals surface area (Å²) in [6.45, 7) is 0. The number of benzene rings is 2. The molecule has 0 unspecified atom stereocenters. The Kier molecular flexibility index (Phi) is 8.22. The fourth-order valence-corrected chi connectivity index (χ4v) is 4.34. The van der Waals surface area contributed by atoms with E-state index in [0.29, 0.717) is 11.3 Å². The van der Waals surface area contributed by atoms with Crippen molar-refractivity contribution < 1.29 is 33.0 Å². The minimum atomic E-state index is -1.35. The summed E-state index contributed by atoms with van der Waals surface area (Å²) in [4.78, 5) is 49.4. The molecule has 2 aromatic carbocycles. The van der Waals surface area contributed by atoms with E-state index in [1.807, 2.05) is 6.07 Å². The fraction of sp³-hybridized carbons (Fsp3) is 0.208. The second-order valence-corrected chi connectivity index (χ2v) is 8.27. The van der Waals surface area contributed by atoms with Crippen LogP contribution in [0.2, 0.25) is 0 Å². The van der Waals surface area contributed by atoms with Crippen molar-refractivity contribution >= 4 is 41.2 Å². The third-order valence-corrected chi connectivity index (χ3v) is 6.17. The maximum Gasteiger partial charge on any atom is 0.337 e. The van der Waals surface area contributed by atoms with Crippen LogP contribution in [0.1, 0.15) is 21.8 Å². The Hall–Kier alpha value is -4.17. The lowest BCUT2D eigenvalue weighted by molar-refractivity contribution is -0.150. The normalized spacial score (nSPS) is 17.1. The molecule has 1 aliphatic heterocycles. The van der Waals surface area contributed by atoms with Crippen LogP contribution in [-0.2, 0) is 23.9 Å². The van der Waals surface area contributed by atoms with Crippen LogP contribution in [0.15, 0.2) is 59.1 Å². The molecule has 11 heteroatoms. The number of carbonyl (C=O) groups excluding carboxylic acids is 4. The van der Waals surface area contributed by atoms with Crippen molar-refractivity contribution in [3.05, 3.63) is 76.1 Å². The number of thioether (sulfide) groups is 1. The first-order valence-electron chi connectivity index (χ1n) is 10.2. The first kappa shape index (κ1) is 25.5. The SMILES string of the molecule is COC(=O)c1ccc([C@H]2C(C#N)=C(SCC(=O)Nc3ccc(F)cc3)NC(=O)[C@@H]2C(=O)OC)cc1. The Bertz CT molecular complexity index is 1220. The number of anilines is 1. The summed E-state index contributed by atoms with van der Waals surface area (Å²) in [6.07, 6.45) is 0. The molecule has 0 radical (unpaired) electrons. The van der Waals surface area contributed by atoms with Crippen LogP contribution in [0, 0.1) is 23.1 Å². The topological polar surface area (TPSA) is 135 Å². The van der Waals surface area contributed by atoms with E-state index in [1.165, 1.54) is 55.6 Å². The molecule has 0 bridgehead atoms. The van der Waals surface area contributed by atoms with Crippen molar-refractivity contribution in [2.24, 2.45) is 5.92 Å². The van der Waals surface area contributed by atoms with Gasteiger partial charge in [-0.25, -0.2) is 9.18 Å². The van der Waals surface area contributed by atoms with Gasteiger partial charge in [-0.15, -0.1) is 0 Å². The van der Waals surface area contributed by atoms with Crippen molar-refractivity contribution in [1.29, 1.82) is 5.26 Å². The number of amides is 2. The van der Waals surface area contributed by atoms with Crippen LogP contribution in [0.3, 0.4) is 0 Å². The van der Waals surface area contributed by atoms with Gasteiger partial charge in [-0.1, -0.05) is 23.9 Å². The number of nitrogens with one attached hydrogen (secondary N) is 2. The molecule has 0 fully saturated rings. The van der Waals surface area contributed by atoms with Gasteiger partial charge in [-0.05, 0) is 42.0 Å². The van der Waals surface area contributed by atoms with Crippen molar-refractivity contribution in [1.82, 2.24) is 5.32 Å². The molecule has 2 N–H and O–H groups in total. The highest BCUT2D eigenvalue weighted by molar-refractivity contribution is 8.03. The van der Waals surface area contributed by atoms with Crippen molar-refractivity contribution in [3.63, 3.8) is 0 Å². The summed E-state index contributed by atoms with van der Waals surface area (Å²) < 4.78 is 22.5. The third kappa shape index (κ3) is 5.85. The average Bonchev–Trinajstić information content (AvgIpc) is 2.87. The molecule has 35 heavy (non-hydrogen) atoms. The Labute approximate surface area is 204 Å². The van der Waals surface area contributed by atoms with E-state index in [-0.39, 0.29) is 21.9 Å². The quantitative estimate of drug-likeness (QED) is 0.441. The average molecular weight is 498 g/mol. The molecule has 3 rings (SSSR count). The predicted molar refractivity (Wildman–Crippen MR) is 124 cm³/mol. The Morgan fingerprint density at radius 3 is 2.31 bits per heavy atom. The molecule has 2 amide bonds. The van der Waals surface area contributed by atoms with Crippen molar-refractivity contribution in [2.75, 3.05) is 25.3 Å². The maximum atomic E-state index is 13.1. The minimum absolute atomic E-state index is 0.0606. The van der Waals surface area contributed by atoms with Gasteiger partial charge >= 0.3 is 11.9 Å². The molecule has 0 saturated heterocycles. The molecule has 1 heterocycles. The van der Waals surface area contributed by atoms with Gasteiger partial charge in [0.1, 0.15) is 11.7 Å². The number of hydrogen-bond donors (Lipinski definition) is 2. The van der Waals surface area contributed by atoms with Crippen LogP contribution in [0.4, 0.5) is 10.1 Å². The molecule has 0 saturated carbocycles. The Morgan fingerprint density at radius 1 is 1.09 bits per heavy atom. The number of hydrogen-bond acceptors (Lipinski definition) is 8. The molecule has 0 aliphatic carbocycles. The summed E-state index contributed by atoms with van der Waals surface area (Å²) in [5.41, 5.74) is 1.12. The number of methoxy groups -OCH3 is 2. The molecular weight excluding hydrogens is 477 g/mol. The molecule has 180 valence electrons. The monoisotopic (exact) mass is 497 g/mol. The lowest BCUT2D eigenvalue weighted by Gasteiger charge is -2.31. The summed E-state index contributed by atoms with van der Waals surface area (Å²) >= 11 is 0.909. The number of esters is 2. The van der Waals surface area contributed by atoms with Gasteiger partial charge < -0.3 is 20.1 Å². The van der Waals surface area contributed by atoms with Gasteiger partial charge in [-0.3, -0.25) is 14.4 Å². The third-order valence-electron chi connectivity index (χ3n) is 5.15. The summed E-state index contributed by atoms with van der Waals surface area (Å²) in [5, 5.41) is 15.2. The molecular formula is C24H20FN3O6S. The molecule has 0 aromatic heterocycles. The number of rotatable bonds is 7. The molecule has 2 atom stereocenters. The molecule has 0 spiro atoms. The van der Waals surface area contributed by atoms with E-state index in [9.17, 15) is 28.8 Å². The van der Waals surface area contributed by atoms with Crippen LogP contribution in [0.25, 0.3) is 0 Å². The van der Waals surface area contributed by atoms with Gasteiger partial charge in [-0.2, -0.15) is 5.26 Å². The largest absolute Gasteiger partial charge is 0.468 e. The van der Waals surface area contributed by atoms with Crippen LogP contribution in [0.5, 0.6) is 0 Å². The highest BCUT2D eigenvalue weighted by atomic mass is 32.2. The predicted octanol–water partition coefficient (Wildman–Crippen LogP) is 2.72. The standard InChI is InChI=1S/C24H20FN3O6S/c1-33-23(31)14-5-3-13(4-6-14)19-17(11-26)22(28-21(30)20(19)24(32)34-2)35-12-18(29)27-16-9-7-15(25)8-10-16/h3-10,19-20H,12H2,1-2H3,(H,27,29)(H,28,30)/t19-,20+/m0/s1. The second-order valence-electron chi connectivity index (χ2n) is 7.28. The summed E-state index contributed by atoms with van der Waals surface area (Å²) in [6, 6.07) is 13.2. The highest BCUT2D eigenvalue weighted by Gasteiger charge is 2.44. The molecule has 1 aliphatic rings. The first-order chi connectivity index (χ1) is 16.8. The van der Waals surface area contributed by atoms with Gasteiger partial charge in [0.05, 0.1) is 42.2 Å². The number of carbonyl (C=O) groups is 4. The fourth-order valence-electron chi connectivity index (χ4n) is 3.49. The van der Waals surface area contributed by atoms with Gasteiger partial charge in [0.15, 0.2) is 0 Å². The lowest BCUT2D eigenvalue weighted by atomic mass is 9.78. The Balaban J connectivity index is 1.90. The maximum absolute atomic E-state index is 13.1. The van der Waals surface area contributed by atoms with Crippen LogP contribution < -0.4 is 10.6 Å². The zero-order chi connectivity index (χ0) is 25.5. The van der Waals surface area contributed by atoms with E-state index >= 15 is 0 Å². The number of ether oxygens (including phenoxy) is 2. The van der Waals surface area contributed by atoms with Crippen molar-refractivity contribution in [3.8, 4) is 6.07 Å². The smallest absolute Gasteiger partial charge is 0.337 e. The lowest BCUT2D eigenvalue weighted by Crippen LogP contribution is -2.44. The van der Waals surface area contributed by atoms with Gasteiger partial charge in [0.25, 0.3) is 0 Å². The highest BCUT2D eigenvalue weighted by Crippen LogP contribution is 2.40.